The molecular formula is C23H25NO7. The third-order valence-corrected chi connectivity index (χ3v) is 6.66. The van der Waals surface area contributed by atoms with Gasteiger partial charge in [0.1, 0.15) is 11.6 Å². The Morgan fingerprint density at radius 2 is 1.94 bits per heavy atom. The molecule has 0 amide bonds. The first-order chi connectivity index (χ1) is 14.9. The zero-order valence-corrected chi connectivity index (χ0v) is 17.9. The third-order valence-electron chi connectivity index (χ3n) is 6.66. The minimum absolute atomic E-state index is 0.0825. The van der Waals surface area contributed by atoms with Crippen LogP contribution in [0.15, 0.2) is 24.3 Å². The summed E-state index contributed by atoms with van der Waals surface area (Å²) < 4.78 is 28.3. The number of ether oxygens (including phenoxy) is 5. The molecule has 0 radical (unpaired) electrons. The fourth-order valence-corrected chi connectivity index (χ4v) is 5.31. The van der Waals surface area contributed by atoms with Crippen molar-refractivity contribution in [1.29, 1.82) is 0 Å². The summed E-state index contributed by atoms with van der Waals surface area (Å²) in [7, 11) is 5.10. The number of esters is 1. The summed E-state index contributed by atoms with van der Waals surface area (Å²) in [6.07, 6.45) is -1.01. The molecule has 0 saturated heterocycles. The van der Waals surface area contributed by atoms with Crippen LogP contribution in [0.2, 0.25) is 0 Å². The van der Waals surface area contributed by atoms with Crippen molar-refractivity contribution in [3.05, 3.63) is 46.5 Å². The van der Waals surface area contributed by atoms with Gasteiger partial charge in [-0.1, -0.05) is 6.07 Å². The lowest BCUT2D eigenvalue weighted by atomic mass is 9.75. The van der Waals surface area contributed by atoms with Gasteiger partial charge in [0.15, 0.2) is 29.1 Å². The molecule has 2 aromatic carbocycles. The molecular weight excluding hydrogens is 402 g/mol. The van der Waals surface area contributed by atoms with Gasteiger partial charge in [-0.05, 0) is 48.4 Å². The van der Waals surface area contributed by atoms with Crippen LogP contribution in [0.3, 0.4) is 0 Å². The van der Waals surface area contributed by atoms with E-state index >= 15 is 0 Å². The smallest absolute Gasteiger partial charge is 0.303 e. The van der Waals surface area contributed by atoms with Crippen LogP contribution in [0, 0.1) is 0 Å². The van der Waals surface area contributed by atoms with Crippen LogP contribution in [-0.4, -0.2) is 50.6 Å². The first kappa shape index (κ1) is 20.0. The van der Waals surface area contributed by atoms with Crippen molar-refractivity contribution >= 4 is 5.97 Å². The molecule has 8 nitrogen and oxygen atoms in total. The van der Waals surface area contributed by atoms with Gasteiger partial charge < -0.3 is 28.8 Å². The highest BCUT2D eigenvalue weighted by Gasteiger charge is 2.62. The summed E-state index contributed by atoms with van der Waals surface area (Å²) in [4.78, 5) is 14.3. The first-order valence-electron chi connectivity index (χ1n) is 10.2. The number of carbonyl (C=O) groups is 1. The van der Waals surface area contributed by atoms with Crippen molar-refractivity contribution in [3.8, 4) is 23.0 Å². The van der Waals surface area contributed by atoms with E-state index in [0.717, 1.165) is 17.5 Å². The highest BCUT2D eigenvalue weighted by molar-refractivity contribution is 5.69. The molecule has 1 N–H and O–H groups in total. The lowest BCUT2D eigenvalue weighted by molar-refractivity contribution is -0.164. The number of aliphatic hydroxyl groups is 1. The number of rotatable bonds is 3. The maximum atomic E-state index is 12.2. The molecule has 3 aliphatic rings. The van der Waals surface area contributed by atoms with Crippen molar-refractivity contribution in [2.75, 3.05) is 34.6 Å². The third kappa shape index (κ3) is 2.58. The SMILES string of the molecule is COc1cc2c(cc1OC)C1(C(O)c3ccc4c(c3C1OC(C)=O)OCO4)N(C)CC2. The van der Waals surface area contributed by atoms with E-state index in [9.17, 15) is 9.90 Å². The Kier molecular flexibility index (Phi) is 4.53. The summed E-state index contributed by atoms with van der Waals surface area (Å²) in [5.41, 5.74) is 2.09. The van der Waals surface area contributed by atoms with E-state index in [1.54, 1.807) is 20.3 Å². The van der Waals surface area contributed by atoms with Crippen LogP contribution in [0.1, 0.15) is 41.4 Å². The Morgan fingerprint density at radius 1 is 1.19 bits per heavy atom. The topological polar surface area (TPSA) is 86.7 Å². The summed E-state index contributed by atoms with van der Waals surface area (Å²) >= 11 is 0. The molecule has 0 aromatic heterocycles. The van der Waals surface area contributed by atoms with E-state index < -0.39 is 23.7 Å². The lowest BCUT2D eigenvalue weighted by Gasteiger charge is -2.49. The highest BCUT2D eigenvalue weighted by atomic mass is 16.7. The van der Waals surface area contributed by atoms with Crippen molar-refractivity contribution < 1.29 is 33.6 Å². The minimum Gasteiger partial charge on any atom is -0.493 e. The molecule has 3 unspecified atom stereocenters. The van der Waals surface area contributed by atoms with Gasteiger partial charge in [0.25, 0.3) is 0 Å². The average molecular weight is 427 g/mol. The van der Waals surface area contributed by atoms with E-state index in [4.69, 9.17) is 23.7 Å². The molecule has 2 aromatic rings. The number of aliphatic hydroxyl groups excluding tert-OH is 1. The number of fused-ring (bicyclic) bond motifs is 5. The number of benzene rings is 2. The molecule has 2 heterocycles. The molecule has 1 spiro atoms. The van der Waals surface area contributed by atoms with Crippen molar-refractivity contribution in [2.45, 2.75) is 31.1 Å². The maximum Gasteiger partial charge on any atom is 0.303 e. The fourth-order valence-electron chi connectivity index (χ4n) is 5.31. The summed E-state index contributed by atoms with van der Waals surface area (Å²) in [6, 6.07) is 7.43. The number of methoxy groups -OCH3 is 2. The minimum atomic E-state index is -1.05. The number of carbonyl (C=O) groups excluding carboxylic acids is 1. The van der Waals surface area contributed by atoms with E-state index in [1.807, 2.05) is 25.2 Å². The Bertz CT molecular complexity index is 1070. The van der Waals surface area contributed by atoms with Crippen LogP contribution < -0.4 is 18.9 Å². The maximum absolute atomic E-state index is 12.2. The molecule has 5 rings (SSSR count). The highest BCUT2D eigenvalue weighted by Crippen LogP contribution is 2.63. The Hall–Kier alpha value is -2.97. The lowest BCUT2D eigenvalue weighted by Crippen LogP contribution is -2.54. The number of nitrogens with zero attached hydrogens (tertiary/aromatic N) is 1. The van der Waals surface area contributed by atoms with Crippen LogP contribution >= 0.6 is 0 Å². The molecule has 8 heteroatoms. The van der Waals surface area contributed by atoms with Crippen LogP contribution in [0.4, 0.5) is 0 Å². The summed E-state index contributed by atoms with van der Waals surface area (Å²) in [6.45, 7) is 2.11. The van der Waals surface area contributed by atoms with Crippen LogP contribution in [-0.2, 0) is 21.5 Å². The van der Waals surface area contributed by atoms with Gasteiger partial charge in [-0.25, -0.2) is 0 Å². The van der Waals surface area contributed by atoms with Gasteiger partial charge in [0, 0.05) is 19.0 Å². The summed E-state index contributed by atoms with van der Waals surface area (Å²) in [5, 5.41) is 11.8. The van der Waals surface area contributed by atoms with E-state index in [2.05, 4.69) is 4.90 Å². The molecule has 1 aliphatic carbocycles. The second-order valence-electron chi connectivity index (χ2n) is 8.06. The number of hydrogen-bond donors (Lipinski definition) is 1. The molecule has 31 heavy (non-hydrogen) atoms. The summed E-state index contributed by atoms with van der Waals surface area (Å²) in [5.74, 6) is 1.81. The Balaban J connectivity index is 1.81. The first-order valence-corrected chi connectivity index (χ1v) is 10.2. The van der Waals surface area contributed by atoms with E-state index in [-0.39, 0.29) is 6.79 Å². The Morgan fingerprint density at radius 3 is 2.65 bits per heavy atom. The standard InChI is InChI=1S/C23H25NO7/c1-12(25)31-22-19-14(5-6-16-20(19)30-11-29-16)21(26)23(22)15-10-18(28-4)17(27-3)9-13(15)7-8-24(23)2/h5-6,9-10,21-22,26H,7-8,11H2,1-4H3. The van der Waals surface area contributed by atoms with Gasteiger partial charge >= 0.3 is 5.97 Å². The molecule has 164 valence electrons. The van der Waals surface area contributed by atoms with Crippen LogP contribution in [0.5, 0.6) is 23.0 Å². The van der Waals surface area contributed by atoms with Crippen LogP contribution in [0.25, 0.3) is 0 Å². The van der Waals surface area contributed by atoms with Crippen molar-refractivity contribution in [3.63, 3.8) is 0 Å². The molecule has 0 bridgehead atoms. The predicted octanol–water partition coefficient (Wildman–Crippen LogP) is 2.47. The van der Waals surface area contributed by atoms with Crippen molar-refractivity contribution in [2.24, 2.45) is 0 Å². The van der Waals surface area contributed by atoms with E-state index in [1.165, 1.54) is 6.92 Å². The Labute approximate surface area is 180 Å². The average Bonchev–Trinajstić information content (AvgIpc) is 3.32. The van der Waals surface area contributed by atoms with Gasteiger partial charge in [-0.2, -0.15) is 0 Å². The fraction of sp³-hybridized carbons (Fsp3) is 0.435. The second-order valence-corrected chi connectivity index (χ2v) is 8.06. The molecule has 0 fully saturated rings. The zero-order chi connectivity index (χ0) is 21.9. The number of hydrogen-bond acceptors (Lipinski definition) is 8. The predicted molar refractivity (Wildman–Crippen MR) is 110 cm³/mol. The second kappa shape index (κ2) is 7.03. The molecule has 0 saturated carbocycles. The quantitative estimate of drug-likeness (QED) is 0.748. The van der Waals surface area contributed by atoms with E-state index in [0.29, 0.717) is 40.7 Å². The van der Waals surface area contributed by atoms with Gasteiger partial charge in [-0.15, -0.1) is 0 Å². The monoisotopic (exact) mass is 427 g/mol. The largest absolute Gasteiger partial charge is 0.493 e. The van der Waals surface area contributed by atoms with Gasteiger partial charge in [0.2, 0.25) is 6.79 Å². The van der Waals surface area contributed by atoms with Gasteiger partial charge in [-0.3, -0.25) is 9.69 Å². The van der Waals surface area contributed by atoms with Crippen molar-refractivity contribution in [1.82, 2.24) is 4.90 Å². The number of likely N-dealkylation sites (N-methyl/N-ethyl adjacent to an activating group) is 1. The molecule has 3 atom stereocenters. The van der Waals surface area contributed by atoms with Gasteiger partial charge in [0.05, 0.1) is 14.2 Å². The molecule has 2 aliphatic heterocycles. The zero-order valence-electron chi connectivity index (χ0n) is 17.9. The normalized spacial score (nSPS) is 25.8.